The van der Waals surface area contributed by atoms with Crippen LogP contribution in [-0.2, 0) is 5.33 Å². The fourth-order valence-electron chi connectivity index (χ4n) is 1.91. The van der Waals surface area contributed by atoms with E-state index in [4.69, 9.17) is 9.47 Å². The number of benzene rings is 2. The summed E-state index contributed by atoms with van der Waals surface area (Å²) >= 11 is 3.47. The number of halogens is 1. The third kappa shape index (κ3) is 2.03. The first-order chi connectivity index (χ1) is 8.36. The van der Waals surface area contributed by atoms with Crippen molar-refractivity contribution in [3.8, 4) is 22.6 Å². The average Bonchev–Trinajstić information content (AvgIpc) is 2.86. The van der Waals surface area contributed by atoms with Crippen LogP contribution in [0.3, 0.4) is 0 Å². The van der Waals surface area contributed by atoms with Gasteiger partial charge in [0.2, 0.25) is 6.79 Å². The van der Waals surface area contributed by atoms with Crippen LogP contribution in [0.15, 0.2) is 42.5 Å². The molecule has 2 aromatic carbocycles. The quantitative estimate of drug-likeness (QED) is 0.779. The van der Waals surface area contributed by atoms with E-state index in [1.807, 2.05) is 12.1 Å². The maximum Gasteiger partial charge on any atom is 0.231 e. The van der Waals surface area contributed by atoms with Crippen molar-refractivity contribution in [3.63, 3.8) is 0 Å². The summed E-state index contributed by atoms with van der Waals surface area (Å²) in [5.74, 6) is 1.65. The van der Waals surface area contributed by atoms with E-state index in [9.17, 15) is 0 Å². The second-order valence-corrected chi connectivity index (χ2v) is 4.46. The molecule has 1 aliphatic heterocycles. The summed E-state index contributed by atoms with van der Waals surface area (Å²) in [7, 11) is 0. The minimum absolute atomic E-state index is 0.320. The highest BCUT2D eigenvalue weighted by atomic mass is 79.9. The zero-order chi connectivity index (χ0) is 11.7. The van der Waals surface area contributed by atoms with Gasteiger partial charge in [-0.05, 0) is 28.8 Å². The monoisotopic (exact) mass is 290 g/mol. The molecule has 0 fully saturated rings. The molecule has 3 rings (SSSR count). The molecule has 1 heterocycles. The second kappa shape index (κ2) is 4.41. The van der Waals surface area contributed by atoms with Crippen LogP contribution >= 0.6 is 15.9 Å². The summed E-state index contributed by atoms with van der Waals surface area (Å²) < 4.78 is 10.7. The van der Waals surface area contributed by atoms with Gasteiger partial charge in [-0.25, -0.2) is 0 Å². The molecule has 0 unspecified atom stereocenters. The summed E-state index contributed by atoms with van der Waals surface area (Å²) in [6, 6.07) is 14.5. The van der Waals surface area contributed by atoms with Gasteiger partial charge in [-0.2, -0.15) is 0 Å². The van der Waals surface area contributed by atoms with Crippen LogP contribution in [0.1, 0.15) is 5.56 Å². The lowest BCUT2D eigenvalue weighted by Gasteiger charge is -2.05. The minimum atomic E-state index is 0.320. The smallest absolute Gasteiger partial charge is 0.231 e. The first-order valence-electron chi connectivity index (χ1n) is 5.42. The topological polar surface area (TPSA) is 18.5 Å². The van der Waals surface area contributed by atoms with Gasteiger partial charge in [0.25, 0.3) is 0 Å². The van der Waals surface area contributed by atoms with Crippen LogP contribution in [0.5, 0.6) is 11.5 Å². The fourth-order valence-corrected chi connectivity index (χ4v) is 2.26. The van der Waals surface area contributed by atoms with Crippen molar-refractivity contribution < 1.29 is 9.47 Å². The second-order valence-electron chi connectivity index (χ2n) is 3.90. The largest absolute Gasteiger partial charge is 0.454 e. The highest BCUT2D eigenvalue weighted by Crippen LogP contribution is 2.36. The van der Waals surface area contributed by atoms with Crippen LogP contribution in [0.2, 0.25) is 0 Å². The molecule has 1 aliphatic rings. The highest BCUT2D eigenvalue weighted by molar-refractivity contribution is 9.08. The normalized spacial score (nSPS) is 12.8. The summed E-state index contributed by atoms with van der Waals surface area (Å²) in [6.07, 6.45) is 0. The third-order valence-electron chi connectivity index (χ3n) is 2.79. The lowest BCUT2D eigenvalue weighted by atomic mass is 10.0. The summed E-state index contributed by atoms with van der Waals surface area (Å²) in [5, 5.41) is 0.866. The van der Waals surface area contributed by atoms with Gasteiger partial charge in [-0.15, -0.1) is 0 Å². The highest BCUT2D eigenvalue weighted by Gasteiger charge is 2.13. The number of ether oxygens (including phenoxy) is 2. The Kier molecular flexibility index (Phi) is 2.77. The molecule has 0 bridgehead atoms. The van der Waals surface area contributed by atoms with E-state index in [1.54, 1.807) is 0 Å². The molecule has 2 aromatic rings. The Labute approximate surface area is 108 Å². The molecule has 0 N–H and O–H groups in total. The molecule has 3 heteroatoms. The van der Waals surface area contributed by atoms with E-state index in [-0.39, 0.29) is 0 Å². The van der Waals surface area contributed by atoms with Crippen molar-refractivity contribution in [2.45, 2.75) is 5.33 Å². The van der Waals surface area contributed by atoms with Gasteiger partial charge in [0.15, 0.2) is 11.5 Å². The molecule has 17 heavy (non-hydrogen) atoms. The van der Waals surface area contributed by atoms with Gasteiger partial charge < -0.3 is 9.47 Å². The van der Waals surface area contributed by atoms with Gasteiger partial charge in [-0.3, -0.25) is 0 Å². The van der Waals surface area contributed by atoms with Gasteiger partial charge in [0.05, 0.1) is 0 Å². The Morgan fingerprint density at radius 2 is 1.76 bits per heavy atom. The first-order valence-corrected chi connectivity index (χ1v) is 6.54. The summed E-state index contributed by atoms with van der Waals surface area (Å²) in [5.41, 5.74) is 3.61. The van der Waals surface area contributed by atoms with Gasteiger partial charge in [0.1, 0.15) is 0 Å². The van der Waals surface area contributed by atoms with Crippen molar-refractivity contribution in [3.05, 3.63) is 48.0 Å². The van der Waals surface area contributed by atoms with E-state index in [1.165, 1.54) is 11.1 Å². The number of hydrogen-bond acceptors (Lipinski definition) is 2. The number of alkyl halides is 1. The molecule has 86 valence electrons. The predicted octanol–water partition coefficient (Wildman–Crippen LogP) is 3.98. The molecular weight excluding hydrogens is 280 g/mol. The molecule has 0 saturated carbocycles. The molecule has 0 saturated heterocycles. The summed E-state index contributed by atoms with van der Waals surface area (Å²) in [4.78, 5) is 0. The Morgan fingerprint density at radius 3 is 2.65 bits per heavy atom. The van der Waals surface area contributed by atoms with Crippen LogP contribution < -0.4 is 9.47 Å². The lowest BCUT2D eigenvalue weighted by molar-refractivity contribution is 0.174. The van der Waals surface area contributed by atoms with Crippen LogP contribution in [-0.4, -0.2) is 6.79 Å². The minimum Gasteiger partial charge on any atom is -0.454 e. The molecule has 0 aromatic heterocycles. The Bertz CT molecular complexity index is 552. The fraction of sp³-hybridized carbons (Fsp3) is 0.143. The van der Waals surface area contributed by atoms with E-state index >= 15 is 0 Å². The van der Waals surface area contributed by atoms with Crippen LogP contribution in [0.4, 0.5) is 0 Å². The molecular formula is C14H11BrO2. The van der Waals surface area contributed by atoms with Crippen LogP contribution in [0.25, 0.3) is 11.1 Å². The Hall–Kier alpha value is -1.48. The molecule has 2 nitrogen and oxygen atoms in total. The first kappa shape index (κ1) is 10.7. The number of fused-ring (bicyclic) bond motifs is 1. The van der Waals surface area contributed by atoms with Gasteiger partial charge >= 0.3 is 0 Å². The Morgan fingerprint density at radius 1 is 0.941 bits per heavy atom. The van der Waals surface area contributed by atoms with Crippen molar-refractivity contribution in [1.29, 1.82) is 0 Å². The SMILES string of the molecule is BrCc1cccc(-c2ccc3c(c2)OCO3)c1. The maximum absolute atomic E-state index is 5.39. The van der Waals surface area contributed by atoms with Crippen LogP contribution in [0, 0.1) is 0 Å². The molecule has 0 radical (unpaired) electrons. The lowest BCUT2D eigenvalue weighted by Crippen LogP contribution is -1.92. The van der Waals surface area contributed by atoms with Crippen molar-refractivity contribution >= 4 is 15.9 Å². The van der Waals surface area contributed by atoms with E-state index in [2.05, 4.69) is 46.3 Å². The van der Waals surface area contributed by atoms with Gasteiger partial charge in [0, 0.05) is 5.33 Å². The third-order valence-corrected chi connectivity index (χ3v) is 3.43. The number of hydrogen-bond donors (Lipinski definition) is 0. The zero-order valence-electron chi connectivity index (χ0n) is 9.15. The molecule has 0 aliphatic carbocycles. The Balaban J connectivity index is 2.03. The molecule has 0 amide bonds. The van der Waals surface area contributed by atoms with Crippen molar-refractivity contribution in [1.82, 2.24) is 0 Å². The molecule has 0 spiro atoms. The average molecular weight is 291 g/mol. The van der Waals surface area contributed by atoms with Gasteiger partial charge in [-0.1, -0.05) is 46.3 Å². The van der Waals surface area contributed by atoms with E-state index in [0.717, 1.165) is 22.4 Å². The number of rotatable bonds is 2. The van der Waals surface area contributed by atoms with Crippen molar-refractivity contribution in [2.75, 3.05) is 6.79 Å². The summed E-state index contributed by atoms with van der Waals surface area (Å²) in [6.45, 7) is 0.320. The molecule has 0 atom stereocenters. The maximum atomic E-state index is 5.39. The predicted molar refractivity (Wildman–Crippen MR) is 70.6 cm³/mol. The van der Waals surface area contributed by atoms with E-state index in [0.29, 0.717) is 6.79 Å². The standard InChI is InChI=1S/C14H11BrO2/c15-8-10-2-1-3-11(6-10)12-4-5-13-14(7-12)17-9-16-13/h1-7H,8-9H2. The van der Waals surface area contributed by atoms with E-state index < -0.39 is 0 Å². The van der Waals surface area contributed by atoms with Crippen molar-refractivity contribution in [2.24, 2.45) is 0 Å². The zero-order valence-corrected chi connectivity index (χ0v) is 10.7.